The maximum Gasteiger partial charge on any atom is 0.394 e. The molecule has 0 bridgehead atoms. The van der Waals surface area contributed by atoms with E-state index in [9.17, 15) is 14.4 Å². The van der Waals surface area contributed by atoms with Gasteiger partial charge in [0.15, 0.2) is 5.78 Å². The van der Waals surface area contributed by atoms with Crippen molar-refractivity contribution in [1.82, 2.24) is 10.6 Å². The average Bonchev–Trinajstić information content (AvgIpc) is 2.10. The quantitative estimate of drug-likeness (QED) is 0.318. The number of hydrogen-bond donors (Lipinski definition) is 3. The van der Waals surface area contributed by atoms with E-state index in [0.29, 0.717) is 12.2 Å². The Labute approximate surface area is 87.3 Å². The topological polar surface area (TPSA) is 95.5 Å². The largest absolute Gasteiger partial charge is 0.474 e. The molecule has 1 amide bonds. The summed E-state index contributed by atoms with van der Waals surface area (Å²) in [6, 6.07) is 0. The Kier molecular flexibility index (Phi) is 5.77. The first-order chi connectivity index (χ1) is 6.93. The van der Waals surface area contributed by atoms with Crippen molar-refractivity contribution in [2.75, 3.05) is 13.1 Å². The van der Waals surface area contributed by atoms with Gasteiger partial charge < -0.3 is 15.7 Å². The molecule has 0 rings (SSSR count). The third-order valence-corrected chi connectivity index (χ3v) is 1.43. The molecule has 3 N–H and O–H groups in total. The first-order valence-corrected chi connectivity index (χ1v) is 4.37. The van der Waals surface area contributed by atoms with Crippen molar-refractivity contribution >= 4 is 17.7 Å². The molecule has 0 heterocycles. The highest BCUT2D eigenvalue weighted by atomic mass is 16.4. The lowest BCUT2D eigenvalue weighted by atomic mass is 10.3. The molecule has 0 aliphatic heterocycles. The predicted octanol–water partition coefficient (Wildman–Crippen LogP) is -0.730. The maximum atomic E-state index is 10.6. The lowest BCUT2D eigenvalue weighted by Crippen LogP contribution is -2.35. The molecule has 0 fully saturated rings. The molecule has 0 spiro atoms. The van der Waals surface area contributed by atoms with Crippen LogP contribution >= 0.6 is 0 Å². The van der Waals surface area contributed by atoms with Crippen LogP contribution in [0.3, 0.4) is 0 Å². The molecule has 0 aliphatic carbocycles. The van der Waals surface area contributed by atoms with Crippen LogP contribution in [0.25, 0.3) is 0 Å². The van der Waals surface area contributed by atoms with Gasteiger partial charge in [0.05, 0.1) is 0 Å². The number of carboxylic acids is 1. The Morgan fingerprint density at radius 1 is 1.13 bits per heavy atom. The van der Waals surface area contributed by atoms with Gasteiger partial charge in [-0.3, -0.25) is 9.59 Å². The number of carbonyl (C=O) groups excluding carboxylic acids is 2. The summed E-state index contributed by atoms with van der Waals surface area (Å²) in [7, 11) is 0. The van der Waals surface area contributed by atoms with E-state index >= 15 is 0 Å². The van der Waals surface area contributed by atoms with Crippen LogP contribution < -0.4 is 10.6 Å². The zero-order valence-electron chi connectivity index (χ0n) is 8.66. The van der Waals surface area contributed by atoms with E-state index < -0.39 is 11.9 Å². The van der Waals surface area contributed by atoms with Crippen LogP contribution in [0, 0.1) is 0 Å². The zero-order valence-corrected chi connectivity index (χ0v) is 8.66. The first-order valence-electron chi connectivity index (χ1n) is 4.37. The minimum absolute atomic E-state index is 0.0745. The van der Waals surface area contributed by atoms with E-state index in [2.05, 4.69) is 10.6 Å². The van der Waals surface area contributed by atoms with Gasteiger partial charge in [0.2, 0.25) is 0 Å². The lowest BCUT2D eigenvalue weighted by molar-refractivity contribution is -0.150. The highest BCUT2D eigenvalue weighted by molar-refractivity contribution is 6.31. The number of aliphatic carboxylic acids is 1. The third kappa shape index (κ3) is 7.24. The molecular weight excluding hydrogens is 200 g/mol. The van der Waals surface area contributed by atoms with Gasteiger partial charge in [-0.2, -0.15) is 0 Å². The van der Waals surface area contributed by atoms with Crippen molar-refractivity contribution in [2.45, 2.75) is 13.8 Å². The molecule has 0 atom stereocenters. The second-order valence-electron chi connectivity index (χ2n) is 2.93. The van der Waals surface area contributed by atoms with Crippen molar-refractivity contribution in [2.24, 2.45) is 0 Å². The van der Waals surface area contributed by atoms with Crippen molar-refractivity contribution in [3.05, 3.63) is 11.8 Å². The van der Waals surface area contributed by atoms with E-state index in [1.165, 1.54) is 13.0 Å². The lowest BCUT2D eigenvalue weighted by Gasteiger charge is -2.05. The second-order valence-corrected chi connectivity index (χ2v) is 2.93. The van der Waals surface area contributed by atoms with Crippen LogP contribution in [0.2, 0.25) is 0 Å². The van der Waals surface area contributed by atoms with Crippen molar-refractivity contribution in [3.8, 4) is 0 Å². The molecule has 6 nitrogen and oxygen atoms in total. The number of ketones is 1. The SMILES string of the molecule is CC(=O)C=C(C)NCCNC(=O)C(=O)O. The fourth-order valence-electron chi connectivity index (χ4n) is 0.867. The Balaban J connectivity index is 3.68. The van der Waals surface area contributed by atoms with Crippen molar-refractivity contribution in [3.63, 3.8) is 0 Å². The van der Waals surface area contributed by atoms with E-state index in [-0.39, 0.29) is 12.3 Å². The predicted molar refractivity (Wildman–Crippen MR) is 53.1 cm³/mol. The van der Waals surface area contributed by atoms with Crippen molar-refractivity contribution in [1.29, 1.82) is 0 Å². The molecule has 0 aromatic rings. The Hall–Kier alpha value is -1.85. The zero-order chi connectivity index (χ0) is 11.8. The van der Waals surface area contributed by atoms with Gasteiger partial charge in [-0.15, -0.1) is 0 Å². The standard InChI is InChI=1S/C9H14N2O4/c1-6(5-7(2)12)10-3-4-11-8(13)9(14)15/h5,10H,3-4H2,1-2H3,(H,11,13)(H,14,15). The molecule has 0 aromatic carbocycles. The molecule has 0 aliphatic rings. The van der Waals surface area contributed by atoms with Gasteiger partial charge in [0, 0.05) is 18.8 Å². The monoisotopic (exact) mass is 214 g/mol. The molecular formula is C9H14N2O4. The highest BCUT2D eigenvalue weighted by Gasteiger charge is 2.08. The van der Waals surface area contributed by atoms with Crippen LogP contribution in [-0.2, 0) is 14.4 Å². The number of amides is 1. The summed E-state index contributed by atoms with van der Waals surface area (Å²) in [4.78, 5) is 31.3. The van der Waals surface area contributed by atoms with Gasteiger partial charge in [-0.25, -0.2) is 4.79 Å². The molecule has 0 unspecified atom stereocenters. The summed E-state index contributed by atoms with van der Waals surface area (Å²) >= 11 is 0. The number of allylic oxidation sites excluding steroid dienone is 2. The average molecular weight is 214 g/mol. The summed E-state index contributed by atoms with van der Waals surface area (Å²) in [6.07, 6.45) is 1.42. The maximum absolute atomic E-state index is 10.6. The highest BCUT2D eigenvalue weighted by Crippen LogP contribution is 1.85. The van der Waals surface area contributed by atoms with E-state index in [0.717, 1.165) is 0 Å². The molecule has 84 valence electrons. The molecule has 6 heteroatoms. The minimum Gasteiger partial charge on any atom is -0.474 e. The first kappa shape index (κ1) is 13.2. The van der Waals surface area contributed by atoms with Gasteiger partial charge >= 0.3 is 11.9 Å². The van der Waals surface area contributed by atoms with Gasteiger partial charge in [0.1, 0.15) is 0 Å². The van der Waals surface area contributed by atoms with Crippen LogP contribution in [0.5, 0.6) is 0 Å². The van der Waals surface area contributed by atoms with E-state index in [1.54, 1.807) is 6.92 Å². The molecule has 0 saturated carbocycles. The Morgan fingerprint density at radius 2 is 1.67 bits per heavy atom. The molecule has 15 heavy (non-hydrogen) atoms. The van der Waals surface area contributed by atoms with E-state index in [1.807, 2.05) is 0 Å². The van der Waals surface area contributed by atoms with Gasteiger partial charge in [-0.05, 0) is 19.9 Å². The summed E-state index contributed by atoms with van der Waals surface area (Å²) in [5, 5.41) is 13.2. The number of carboxylic acid groups (broad SMARTS) is 1. The smallest absolute Gasteiger partial charge is 0.394 e. The fourth-order valence-corrected chi connectivity index (χ4v) is 0.867. The molecule has 0 aromatic heterocycles. The van der Waals surface area contributed by atoms with Gasteiger partial charge in [0.25, 0.3) is 0 Å². The van der Waals surface area contributed by atoms with Crippen LogP contribution in [-0.4, -0.2) is 35.9 Å². The summed E-state index contributed by atoms with van der Waals surface area (Å²) in [5.74, 6) is -2.62. The van der Waals surface area contributed by atoms with E-state index in [4.69, 9.17) is 5.11 Å². The van der Waals surface area contributed by atoms with Crippen molar-refractivity contribution < 1.29 is 19.5 Å². The normalized spacial score (nSPS) is 10.7. The van der Waals surface area contributed by atoms with Gasteiger partial charge in [-0.1, -0.05) is 0 Å². The number of carbonyl (C=O) groups is 3. The number of hydrogen-bond acceptors (Lipinski definition) is 4. The van der Waals surface area contributed by atoms with Crippen LogP contribution in [0.15, 0.2) is 11.8 Å². The summed E-state index contributed by atoms with van der Waals surface area (Å²) in [6.45, 7) is 3.70. The van der Waals surface area contributed by atoms with Crippen LogP contribution in [0.1, 0.15) is 13.8 Å². The number of rotatable bonds is 5. The molecule has 0 saturated heterocycles. The summed E-state index contributed by atoms with van der Waals surface area (Å²) in [5.41, 5.74) is 0.673. The van der Waals surface area contributed by atoms with Crippen LogP contribution in [0.4, 0.5) is 0 Å². The minimum atomic E-state index is -1.51. The Bertz CT molecular complexity index is 296. The number of nitrogens with one attached hydrogen (secondary N) is 2. The molecule has 0 radical (unpaired) electrons. The summed E-state index contributed by atoms with van der Waals surface area (Å²) < 4.78 is 0. The third-order valence-electron chi connectivity index (χ3n) is 1.43. The second kappa shape index (κ2) is 6.58. The fraction of sp³-hybridized carbons (Fsp3) is 0.444. The Morgan fingerprint density at radius 3 is 2.13 bits per heavy atom.